The third-order valence-electron chi connectivity index (χ3n) is 5.95. The number of hydrogen-bond donors (Lipinski definition) is 4. The number of nitrogen functional groups attached to an aromatic ring is 1. The van der Waals surface area contributed by atoms with Gasteiger partial charge in [-0.2, -0.15) is 0 Å². The summed E-state index contributed by atoms with van der Waals surface area (Å²) in [7, 11) is 0. The number of carbonyl (C=O) groups excluding carboxylic acids is 2. The topological polar surface area (TPSA) is 114 Å². The first-order valence-corrected chi connectivity index (χ1v) is 11.9. The largest absolute Gasteiger partial charge is 0.505 e. The highest BCUT2D eigenvalue weighted by Gasteiger charge is 2.34. The number of phenols is 1. The molecule has 5 N–H and O–H groups in total. The Balaban J connectivity index is 1.70. The molecule has 0 saturated heterocycles. The number of anilines is 3. The summed E-state index contributed by atoms with van der Waals surface area (Å²) in [5.41, 5.74) is 8.22. The first-order valence-electron chi connectivity index (χ1n) is 11.9. The van der Waals surface area contributed by atoms with Gasteiger partial charge in [0.05, 0.1) is 11.4 Å². The second kappa shape index (κ2) is 12.1. The van der Waals surface area contributed by atoms with Crippen molar-refractivity contribution in [3.05, 3.63) is 95.8 Å². The van der Waals surface area contributed by atoms with Crippen LogP contribution in [0.1, 0.15) is 43.9 Å². The van der Waals surface area contributed by atoms with E-state index in [4.69, 9.17) is 10.5 Å². The molecule has 0 spiro atoms. The lowest BCUT2D eigenvalue weighted by Gasteiger charge is -2.34. The molecule has 0 radical (unpaired) electrons. The molecule has 3 aromatic carbocycles. The van der Waals surface area contributed by atoms with E-state index in [-0.39, 0.29) is 5.91 Å². The maximum atomic E-state index is 14.2. The lowest BCUT2D eigenvalue weighted by Crippen LogP contribution is -2.29. The quantitative estimate of drug-likeness (QED) is 0.191. The monoisotopic (exact) mass is 505 g/mol. The van der Waals surface area contributed by atoms with Gasteiger partial charge >= 0.3 is 6.09 Å². The molecule has 2 amide bonds. The third-order valence-corrected chi connectivity index (χ3v) is 5.95. The van der Waals surface area contributed by atoms with Crippen molar-refractivity contribution in [1.29, 1.82) is 0 Å². The van der Waals surface area contributed by atoms with Gasteiger partial charge < -0.3 is 20.9 Å². The minimum absolute atomic E-state index is 0.318. The first-order chi connectivity index (χ1) is 17.5. The number of allylic oxidation sites excluding steroid dienone is 1. The number of hydrogen-bond acceptors (Lipinski definition) is 5. The zero-order valence-electron chi connectivity index (χ0n) is 21.1. The SMILES string of the molecule is Cc1ccc(NC(=O)O[C@H](c2ccc(O)c(F)c2)C(C)(C)CC/C=C/C(=O)Nc2ccccc2N)cc1. The molecule has 7 nitrogen and oxygen atoms in total. The van der Waals surface area contributed by atoms with Crippen molar-refractivity contribution < 1.29 is 23.8 Å². The van der Waals surface area contributed by atoms with Crippen molar-refractivity contribution in [3.63, 3.8) is 0 Å². The van der Waals surface area contributed by atoms with E-state index in [1.807, 2.05) is 32.9 Å². The average molecular weight is 506 g/mol. The molecule has 1 atom stereocenters. The van der Waals surface area contributed by atoms with Crippen LogP contribution in [0, 0.1) is 18.2 Å². The molecule has 0 aromatic heterocycles. The molecular formula is C29H32FN3O4. The van der Waals surface area contributed by atoms with Crippen LogP contribution < -0.4 is 16.4 Å². The molecule has 3 aromatic rings. The normalized spacial score (nSPS) is 12.2. The van der Waals surface area contributed by atoms with Crippen LogP contribution in [-0.2, 0) is 9.53 Å². The van der Waals surface area contributed by atoms with Crippen LogP contribution >= 0.6 is 0 Å². The van der Waals surface area contributed by atoms with Crippen LogP contribution in [0.4, 0.5) is 26.2 Å². The molecule has 0 aliphatic rings. The van der Waals surface area contributed by atoms with Crippen LogP contribution in [-0.4, -0.2) is 17.1 Å². The number of benzene rings is 3. The highest BCUT2D eigenvalue weighted by molar-refractivity contribution is 6.01. The standard InChI is InChI=1S/C29H32FN3O4/c1-19-11-14-21(15-12-19)32-28(36)37-27(20-13-16-25(34)22(30)18-20)29(2,3)17-7-6-10-26(35)33-24-9-5-4-8-23(24)31/h4-6,8-16,18,27,34H,7,17,31H2,1-3H3,(H,32,36)(H,33,35)/b10-6+/t27-/m1/s1. The summed E-state index contributed by atoms with van der Waals surface area (Å²) in [6, 6.07) is 18.1. The minimum atomic E-state index is -0.834. The minimum Gasteiger partial charge on any atom is -0.505 e. The number of amides is 2. The third kappa shape index (κ3) is 7.83. The molecule has 0 bridgehead atoms. The summed E-state index contributed by atoms with van der Waals surface area (Å²) >= 11 is 0. The number of phenolic OH excluding ortho intramolecular Hbond substituents is 1. The second-order valence-electron chi connectivity index (χ2n) is 9.49. The summed E-state index contributed by atoms with van der Waals surface area (Å²) in [5.74, 6) is -1.61. The molecule has 194 valence electrons. The lowest BCUT2D eigenvalue weighted by atomic mass is 9.78. The molecule has 0 aliphatic carbocycles. The number of aryl methyl sites for hydroxylation is 1. The summed E-state index contributed by atoms with van der Waals surface area (Å²) < 4.78 is 20.0. The summed E-state index contributed by atoms with van der Waals surface area (Å²) in [6.07, 6.45) is 2.62. The predicted octanol–water partition coefficient (Wildman–Crippen LogP) is 6.71. The van der Waals surface area contributed by atoms with Gasteiger partial charge in [-0.25, -0.2) is 9.18 Å². The predicted molar refractivity (Wildman–Crippen MR) is 144 cm³/mol. The summed E-state index contributed by atoms with van der Waals surface area (Å²) in [6.45, 7) is 5.72. The van der Waals surface area contributed by atoms with Gasteiger partial charge in [0.1, 0.15) is 6.10 Å². The van der Waals surface area contributed by atoms with Crippen molar-refractivity contribution in [2.75, 3.05) is 16.4 Å². The van der Waals surface area contributed by atoms with Gasteiger partial charge in [-0.15, -0.1) is 0 Å². The maximum Gasteiger partial charge on any atom is 0.412 e. The fraction of sp³-hybridized carbons (Fsp3) is 0.241. The number of nitrogens with two attached hydrogens (primary N) is 1. The fourth-order valence-corrected chi connectivity index (χ4v) is 3.82. The number of ether oxygens (including phenoxy) is 1. The number of nitrogens with one attached hydrogen (secondary N) is 2. The highest BCUT2D eigenvalue weighted by atomic mass is 19.1. The Morgan fingerprint density at radius 2 is 1.78 bits per heavy atom. The Labute approximate surface area is 216 Å². The molecule has 8 heteroatoms. The zero-order valence-corrected chi connectivity index (χ0v) is 21.1. The molecule has 0 aliphatic heterocycles. The van der Waals surface area contributed by atoms with Crippen molar-refractivity contribution in [3.8, 4) is 5.75 Å². The number of halogens is 1. The van der Waals surface area contributed by atoms with E-state index in [1.165, 1.54) is 18.2 Å². The molecule has 3 rings (SSSR count). The summed E-state index contributed by atoms with van der Waals surface area (Å²) in [4.78, 5) is 25.0. The van der Waals surface area contributed by atoms with E-state index in [2.05, 4.69) is 10.6 Å². The Hall–Kier alpha value is -4.33. The second-order valence-corrected chi connectivity index (χ2v) is 9.49. The molecule has 0 unspecified atom stereocenters. The van der Waals surface area contributed by atoms with E-state index in [9.17, 15) is 19.1 Å². The molecule has 37 heavy (non-hydrogen) atoms. The zero-order chi connectivity index (χ0) is 27.0. The summed E-state index contributed by atoms with van der Waals surface area (Å²) in [5, 5.41) is 15.0. The van der Waals surface area contributed by atoms with Gasteiger partial charge in [-0.1, -0.05) is 55.8 Å². The van der Waals surface area contributed by atoms with Gasteiger partial charge in [0.2, 0.25) is 5.91 Å². The van der Waals surface area contributed by atoms with E-state index >= 15 is 0 Å². The van der Waals surface area contributed by atoms with E-state index in [0.29, 0.717) is 35.5 Å². The van der Waals surface area contributed by atoms with E-state index in [0.717, 1.165) is 11.6 Å². The van der Waals surface area contributed by atoms with Crippen molar-refractivity contribution in [2.45, 2.75) is 39.7 Å². The molecule has 0 saturated carbocycles. The Morgan fingerprint density at radius 3 is 2.46 bits per heavy atom. The number of para-hydroxylation sites is 2. The van der Waals surface area contributed by atoms with Crippen molar-refractivity contribution in [1.82, 2.24) is 0 Å². The number of aromatic hydroxyl groups is 1. The van der Waals surface area contributed by atoms with Crippen molar-refractivity contribution in [2.24, 2.45) is 5.41 Å². The fourth-order valence-electron chi connectivity index (χ4n) is 3.82. The first kappa shape index (κ1) is 27.3. The van der Waals surface area contributed by atoms with Gasteiger partial charge in [0, 0.05) is 11.1 Å². The highest BCUT2D eigenvalue weighted by Crippen LogP contribution is 2.41. The Bertz CT molecular complexity index is 1270. The van der Waals surface area contributed by atoms with Crippen molar-refractivity contribution >= 4 is 29.1 Å². The number of carbonyl (C=O) groups is 2. The van der Waals surface area contributed by atoms with Gasteiger partial charge in [0.15, 0.2) is 11.6 Å². The van der Waals surface area contributed by atoms with E-state index in [1.54, 1.807) is 42.5 Å². The lowest BCUT2D eigenvalue weighted by molar-refractivity contribution is -0.111. The van der Waals surface area contributed by atoms with Crippen LogP contribution in [0.2, 0.25) is 0 Å². The number of rotatable bonds is 9. The molecule has 0 fully saturated rings. The van der Waals surface area contributed by atoms with Gasteiger partial charge in [-0.05, 0) is 67.8 Å². The Morgan fingerprint density at radius 1 is 1.08 bits per heavy atom. The smallest absolute Gasteiger partial charge is 0.412 e. The van der Waals surface area contributed by atoms with Crippen LogP contribution in [0.25, 0.3) is 0 Å². The van der Waals surface area contributed by atoms with Gasteiger partial charge in [-0.3, -0.25) is 10.1 Å². The van der Waals surface area contributed by atoms with Gasteiger partial charge in [0.25, 0.3) is 0 Å². The Kier molecular flexibility index (Phi) is 8.90. The van der Waals surface area contributed by atoms with Crippen LogP contribution in [0.5, 0.6) is 5.75 Å². The maximum absolute atomic E-state index is 14.2. The molecular weight excluding hydrogens is 473 g/mol. The van der Waals surface area contributed by atoms with Crippen LogP contribution in [0.15, 0.2) is 78.9 Å². The van der Waals surface area contributed by atoms with E-state index < -0.39 is 29.2 Å². The average Bonchev–Trinajstić information content (AvgIpc) is 2.85. The molecule has 0 heterocycles. The van der Waals surface area contributed by atoms with Crippen LogP contribution in [0.3, 0.4) is 0 Å².